The summed E-state index contributed by atoms with van der Waals surface area (Å²) in [5.74, 6) is -1.01. The fraction of sp³-hybridized carbons (Fsp3) is 0.200. The fourth-order valence-corrected chi connectivity index (χ4v) is 5.57. The van der Waals surface area contributed by atoms with Crippen LogP contribution in [-0.4, -0.2) is 30.2 Å². The van der Waals surface area contributed by atoms with Gasteiger partial charge < -0.3 is 9.15 Å². The van der Waals surface area contributed by atoms with E-state index in [1.807, 2.05) is 43.5 Å². The molecule has 0 radical (unpaired) electrons. The van der Waals surface area contributed by atoms with Crippen molar-refractivity contribution in [3.63, 3.8) is 0 Å². The summed E-state index contributed by atoms with van der Waals surface area (Å²) in [4.78, 5) is 46.9. The monoisotopic (exact) mass is 492 g/mol. The van der Waals surface area contributed by atoms with Gasteiger partial charge in [0, 0.05) is 4.90 Å². The summed E-state index contributed by atoms with van der Waals surface area (Å²) in [5.41, 5.74) is 2.49. The molecule has 0 saturated carbocycles. The maximum atomic E-state index is 13.7. The minimum atomic E-state index is -0.740. The first-order valence-corrected chi connectivity index (χ1v) is 12.5. The zero-order chi connectivity index (χ0) is 24.1. The summed E-state index contributed by atoms with van der Waals surface area (Å²) in [6, 6.07) is 12.2. The highest BCUT2D eigenvalue weighted by molar-refractivity contribution is 7.98. The first-order chi connectivity index (χ1) is 16.3. The van der Waals surface area contributed by atoms with Gasteiger partial charge in [0.2, 0.25) is 5.76 Å². The summed E-state index contributed by atoms with van der Waals surface area (Å²) >= 11 is 2.65. The molecule has 0 unspecified atom stereocenters. The van der Waals surface area contributed by atoms with Gasteiger partial charge >= 0.3 is 5.97 Å². The maximum Gasteiger partial charge on any atom is 0.350 e. The summed E-state index contributed by atoms with van der Waals surface area (Å²) in [7, 11) is 1.30. The molecule has 4 aromatic rings. The highest BCUT2D eigenvalue weighted by Gasteiger charge is 2.45. The van der Waals surface area contributed by atoms with Gasteiger partial charge in [-0.1, -0.05) is 35.1 Å². The lowest BCUT2D eigenvalue weighted by Gasteiger charge is -2.22. The van der Waals surface area contributed by atoms with Crippen LogP contribution in [0.3, 0.4) is 0 Å². The molecule has 0 fully saturated rings. The predicted octanol–water partition coefficient (Wildman–Crippen LogP) is 5.12. The van der Waals surface area contributed by atoms with Gasteiger partial charge in [0.15, 0.2) is 10.6 Å². The third-order valence-electron chi connectivity index (χ3n) is 5.82. The summed E-state index contributed by atoms with van der Waals surface area (Å²) in [5, 5.41) is 0.720. The van der Waals surface area contributed by atoms with Crippen molar-refractivity contribution in [3.05, 3.63) is 85.7 Å². The Balaban J connectivity index is 1.77. The number of carbonyl (C=O) groups excluding carboxylic acids is 2. The van der Waals surface area contributed by atoms with E-state index in [-0.39, 0.29) is 16.8 Å². The van der Waals surface area contributed by atoms with Gasteiger partial charge in [-0.25, -0.2) is 9.78 Å². The van der Waals surface area contributed by atoms with Crippen LogP contribution in [0.25, 0.3) is 11.0 Å². The second-order valence-corrected chi connectivity index (χ2v) is 9.78. The molecule has 0 spiro atoms. The van der Waals surface area contributed by atoms with Crippen molar-refractivity contribution in [3.8, 4) is 0 Å². The number of esters is 1. The van der Waals surface area contributed by atoms with Crippen LogP contribution in [0.5, 0.6) is 0 Å². The Morgan fingerprint density at radius 2 is 1.88 bits per heavy atom. The summed E-state index contributed by atoms with van der Waals surface area (Å²) in [6.45, 7) is 3.58. The van der Waals surface area contributed by atoms with Crippen molar-refractivity contribution >= 4 is 51.1 Å². The van der Waals surface area contributed by atoms with Crippen LogP contribution in [0, 0.1) is 13.8 Å². The van der Waals surface area contributed by atoms with Gasteiger partial charge in [0.05, 0.1) is 29.8 Å². The number of fused-ring (bicyclic) bond motifs is 2. The van der Waals surface area contributed by atoms with Crippen molar-refractivity contribution in [2.24, 2.45) is 0 Å². The summed E-state index contributed by atoms with van der Waals surface area (Å²) in [6.07, 6.45) is 1.98. The van der Waals surface area contributed by atoms with Gasteiger partial charge in [-0.15, -0.1) is 11.8 Å². The number of aryl methyl sites for hydroxylation is 2. The predicted molar refractivity (Wildman–Crippen MR) is 132 cm³/mol. The molecule has 0 N–H and O–H groups in total. The molecule has 0 saturated heterocycles. The largest absolute Gasteiger partial charge is 0.465 e. The van der Waals surface area contributed by atoms with Crippen LogP contribution in [0.1, 0.15) is 48.7 Å². The molecule has 1 aliphatic rings. The van der Waals surface area contributed by atoms with Crippen molar-refractivity contribution in [2.45, 2.75) is 24.8 Å². The van der Waals surface area contributed by atoms with E-state index < -0.39 is 17.9 Å². The number of anilines is 1. The molecular formula is C25H20N2O5S2. The van der Waals surface area contributed by atoms with Crippen molar-refractivity contribution in [1.82, 2.24) is 4.98 Å². The molecule has 172 valence electrons. The summed E-state index contributed by atoms with van der Waals surface area (Å²) < 4.78 is 10.9. The van der Waals surface area contributed by atoms with Gasteiger partial charge in [0.1, 0.15) is 10.5 Å². The van der Waals surface area contributed by atoms with Gasteiger partial charge in [-0.2, -0.15) is 0 Å². The van der Waals surface area contributed by atoms with E-state index in [9.17, 15) is 14.4 Å². The number of thioether (sulfide) groups is 1. The van der Waals surface area contributed by atoms with E-state index in [1.165, 1.54) is 12.0 Å². The van der Waals surface area contributed by atoms with Crippen LogP contribution in [0.4, 0.5) is 5.13 Å². The number of rotatable bonds is 4. The highest BCUT2D eigenvalue weighted by Crippen LogP contribution is 2.43. The Morgan fingerprint density at radius 3 is 2.56 bits per heavy atom. The van der Waals surface area contributed by atoms with E-state index in [4.69, 9.17) is 9.15 Å². The Morgan fingerprint density at radius 1 is 1.15 bits per heavy atom. The van der Waals surface area contributed by atoms with Crippen LogP contribution in [-0.2, 0) is 4.74 Å². The minimum Gasteiger partial charge on any atom is -0.465 e. The SMILES string of the molecule is COC(=O)c1sc(N2C(=O)c3oc4ccc(C)cc4c(=O)c3[C@@H]2c2ccc(SC)cc2)nc1C. The Labute approximate surface area is 203 Å². The average molecular weight is 493 g/mol. The molecule has 2 aromatic heterocycles. The molecule has 1 aliphatic heterocycles. The number of hydrogen-bond donors (Lipinski definition) is 0. The van der Waals surface area contributed by atoms with Crippen LogP contribution < -0.4 is 10.3 Å². The lowest BCUT2D eigenvalue weighted by Crippen LogP contribution is -2.29. The van der Waals surface area contributed by atoms with Gasteiger partial charge in [-0.05, 0) is 49.9 Å². The van der Waals surface area contributed by atoms with Crippen molar-refractivity contribution < 1.29 is 18.7 Å². The maximum absolute atomic E-state index is 13.7. The van der Waals surface area contributed by atoms with Crippen LogP contribution in [0.15, 0.2) is 56.6 Å². The van der Waals surface area contributed by atoms with E-state index in [0.29, 0.717) is 26.7 Å². The number of benzene rings is 2. The molecule has 1 atom stereocenters. The molecule has 0 aliphatic carbocycles. The van der Waals surface area contributed by atoms with Crippen molar-refractivity contribution in [2.75, 3.05) is 18.3 Å². The molecule has 3 heterocycles. The van der Waals surface area contributed by atoms with Gasteiger partial charge in [0.25, 0.3) is 5.91 Å². The second kappa shape index (κ2) is 8.41. The lowest BCUT2D eigenvalue weighted by atomic mass is 9.98. The zero-order valence-corrected chi connectivity index (χ0v) is 20.5. The Kier molecular flexibility index (Phi) is 5.53. The third-order valence-corrected chi connectivity index (χ3v) is 7.70. The quantitative estimate of drug-likeness (QED) is 0.288. The number of methoxy groups -OCH3 is 1. The molecule has 34 heavy (non-hydrogen) atoms. The number of ether oxygens (including phenoxy) is 1. The zero-order valence-electron chi connectivity index (χ0n) is 18.9. The number of amides is 1. The number of thiazole rings is 1. The van der Waals surface area contributed by atoms with E-state index >= 15 is 0 Å². The molecule has 7 nitrogen and oxygen atoms in total. The Bertz CT molecular complexity index is 1520. The third kappa shape index (κ3) is 3.43. The molecule has 2 aromatic carbocycles. The molecule has 1 amide bonds. The molecule has 9 heteroatoms. The molecule has 5 rings (SSSR count). The number of nitrogens with zero attached hydrogens (tertiary/aromatic N) is 2. The minimum absolute atomic E-state index is 0.00670. The van der Waals surface area contributed by atoms with Crippen LogP contribution >= 0.6 is 23.1 Å². The normalized spacial score (nSPS) is 15.1. The van der Waals surface area contributed by atoms with E-state index in [1.54, 1.807) is 30.8 Å². The van der Waals surface area contributed by atoms with E-state index in [2.05, 4.69) is 4.98 Å². The highest BCUT2D eigenvalue weighted by atomic mass is 32.2. The fourth-order valence-electron chi connectivity index (χ4n) is 4.15. The van der Waals surface area contributed by atoms with Gasteiger partial charge in [-0.3, -0.25) is 14.5 Å². The topological polar surface area (TPSA) is 89.7 Å². The first-order valence-electron chi connectivity index (χ1n) is 10.4. The molecular weight excluding hydrogens is 472 g/mol. The smallest absolute Gasteiger partial charge is 0.350 e. The van der Waals surface area contributed by atoms with E-state index in [0.717, 1.165) is 27.4 Å². The Hall–Kier alpha value is -3.43. The second-order valence-electron chi connectivity index (χ2n) is 7.93. The van der Waals surface area contributed by atoms with Crippen LogP contribution in [0.2, 0.25) is 0 Å². The molecule has 0 bridgehead atoms. The number of hydrogen-bond acceptors (Lipinski definition) is 8. The average Bonchev–Trinajstić information content (AvgIpc) is 3.36. The van der Waals surface area contributed by atoms with Crippen molar-refractivity contribution in [1.29, 1.82) is 0 Å². The number of carbonyl (C=O) groups is 2. The lowest BCUT2D eigenvalue weighted by molar-refractivity contribution is 0.0605. The number of aromatic nitrogens is 1. The standard InChI is InChI=1S/C25H20N2O5S2/c1-12-5-10-17-16(11-12)20(28)18-19(14-6-8-15(33-4)9-7-14)27(23(29)21(18)32-17)25-26-13(2)22(34-25)24(30)31-3/h5-11,19H,1-4H3/t19-/m0/s1. The first kappa shape index (κ1) is 22.4.